The van der Waals surface area contributed by atoms with E-state index >= 15 is 0 Å². The zero-order valence-electron chi connectivity index (χ0n) is 12.1. The van der Waals surface area contributed by atoms with Gasteiger partial charge >= 0.3 is 0 Å². The first-order chi connectivity index (χ1) is 10.3. The van der Waals surface area contributed by atoms with E-state index < -0.39 is 0 Å². The first kappa shape index (κ1) is 14.5. The number of amides is 1. The lowest BCUT2D eigenvalue weighted by Crippen LogP contribution is -2.26. The van der Waals surface area contributed by atoms with Crippen molar-refractivity contribution in [3.05, 3.63) is 11.7 Å². The van der Waals surface area contributed by atoms with E-state index in [-0.39, 0.29) is 17.8 Å². The molecule has 2 fully saturated rings. The summed E-state index contributed by atoms with van der Waals surface area (Å²) < 4.78 is 10.6. The van der Waals surface area contributed by atoms with Crippen molar-refractivity contribution < 1.29 is 14.1 Å². The Morgan fingerprint density at radius 1 is 1.43 bits per heavy atom. The van der Waals surface area contributed by atoms with Crippen LogP contribution in [-0.4, -0.2) is 42.4 Å². The topological polar surface area (TPSA) is 89.3 Å². The second-order valence-corrected chi connectivity index (χ2v) is 5.73. The largest absolute Gasteiger partial charge is 0.381 e. The number of carbonyl (C=O) groups is 1. The van der Waals surface area contributed by atoms with Crippen LogP contribution < -0.4 is 10.6 Å². The highest BCUT2D eigenvalue weighted by atomic mass is 16.5. The fourth-order valence-electron chi connectivity index (χ4n) is 2.35. The standard InChI is InChI=1S/C14H22N4O3/c19-13(16-7-2-8-20-9-10-4-5-10)12-17-14(21-18-12)11-3-1-6-15-11/h10-11,15H,1-9H2,(H,16,19). The summed E-state index contributed by atoms with van der Waals surface area (Å²) in [5.41, 5.74) is 0. The van der Waals surface area contributed by atoms with Crippen LogP contribution in [0.5, 0.6) is 0 Å². The molecule has 116 valence electrons. The third-order valence-electron chi connectivity index (χ3n) is 3.80. The summed E-state index contributed by atoms with van der Waals surface area (Å²) in [4.78, 5) is 16.0. The van der Waals surface area contributed by atoms with Crippen LogP contribution in [0.1, 0.15) is 54.7 Å². The Hall–Kier alpha value is -1.47. The molecule has 7 heteroatoms. The average Bonchev–Trinajstić information content (AvgIpc) is 2.96. The van der Waals surface area contributed by atoms with Crippen molar-refractivity contribution in [3.8, 4) is 0 Å². The monoisotopic (exact) mass is 294 g/mol. The molecule has 3 rings (SSSR count). The molecule has 1 atom stereocenters. The van der Waals surface area contributed by atoms with Gasteiger partial charge in [-0.15, -0.1) is 0 Å². The molecule has 7 nitrogen and oxygen atoms in total. The molecule has 1 saturated heterocycles. The minimum Gasteiger partial charge on any atom is -0.381 e. The molecule has 2 aliphatic rings. The van der Waals surface area contributed by atoms with Gasteiger partial charge in [0.2, 0.25) is 5.89 Å². The van der Waals surface area contributed by atoms with Crippen molar-refractivity contribution in [3.63, 3.8) is 0 Å². The molecule has 0 radical (unpaired) electrons. The molecule has 2 heterocycles. The number of rotatable bonds is 8. The van der Waals surface area contributed by atoms with Gasteiger partial charge in [0.25, 0.3) is 11.7 Å². The van der Waals surface area contributed by atoms with E-state index in [2.05, 4.69) is 20.8 Å². The Bertz CT molecular complexity index is 467. The van der Waals surface area contributed by atoms with E-state index in [1.165, 1.54) is 12.8 Å². The van der Waals surface area contributed by atoms with Crippen molar-refractivity contribution in [2.24, 2.45) is 5.92 Å². The van der Waals surface area contributed by atoms with Crippen LogP contribution in [0, 0.1) is 5.92 Å². The predicted octanol–water partition coefficient (Wildman–Crippen LogP) is 1.04. The van der Waals surface area contributed by atoms with Crippen LogP contribution in [0.3, 0.4) is 0 Å². The second kappa shape index (κ2) is 7.00. The minimum absolute atomic E-state index is 0.0925. The maximum atomic E-state index is 11.9. The normalized spacial score (nSPS) is 21.6. The fraction of sp³-hybridized carbons (Fsp3) is 0.786. The van der Waals surface area contributed by atoms with E-state index in [1.54, 1.807) is 0 Å². The maximum absolute atomic E-state index is 11.9. The average molecular weight is 294 g/mol. The molecular formula is C14H22N4O3. The highest BCUT2D eigenvalue weighted by Crippen LogP contribution is 2.28. The Labute approximate surface area is 123 Å². The molecule has 0 bridgehead atoms. The van der Waals surface area contributed by atoms with E-state index in [1.807, 2.05) is 0 Å². The Morgan fingerprint density at radius 2 is 2.33 bits per heavy atom. The number of carbonyl (C=O) groups excluding carboxylic acids is 1. The fourth-order valence-corrected chi connectivity index (χ4v) is 2.35. The zero-order valence-corrected chi connectivity index (χ0v) is 12.1. The van der Waals surface area contributed by atoms with Gasteiger partial charge in [-0.1, -0.05) is 5.16 Å². The molecule has 1 aliphatic carbocycles. The predicted molar refractivity (Wildman–Crippen MR) is 74.8 cm³/mol. The molecule has 1 aromatic heterocycles. The molecule has 21 heavy (non-hydrogen) atoms. The lowest BCUT2D eigenvalue weighted by Gasteiger charge is -2.04. The summed E-state index contributed by atoms with van der Waals surface area (Å²) in [5, 5.41) is 9.78. The number of hydrogen-bond donors (Lipinski definition) is 2. The van der Waals surface area contributed by atoms with Crippen LogP contribution in [0.15, 0.2) is 4.52 Å². The Morgan fingerprint density at radius 3 is 3.10 bits per heavy atom. The molecular weight excluding hydrogens is 272 g/mol. The summed E-state index contributed by atoms with van der Waals surface area (Å²) in [6, 6.07) is 0.0925. The van der Waals surface area contributed by atoms with E-state index in [9.17, 15) is 4.79 Å². The summed E-state index contributed by atoms with van der Waals surface area (Å²) in [6.45, 7) is 3.06. The van der Waals surface area contributed by atoms with Gasteiger partial charge in [-0.05, 0) is 44.6 Å². The van der Waals surface area contributed by atoms with Gasteiger partial charge in [0, 0.05) is 19.8 Å². The molecule has 1 unspecified atom stereocenters. The molecule has 2 N–H and O–H groups in total. The quantitative estimate of drug-likeness (QED) is 0.696. The molecule has 1 saturated carbocycles. The van der Waals surface area contributed by atoms with Crippen molar-refractivity contribution in [1.29, 1.82) is 0 Å². The number of ether oxygens (including phenoxy) is 1. The van der Waals surface area contributed by atoms with Gasteiger partial charge in [-0.3, -0.25) is 4.79 Å². The van der Waals surface area contributed by atoms with Crippen molar-refractivity contribution in [2.45, 2.75) is 38.1 Å². The third-order valence-corrected chi connectivity index (χ3v) is 3.80. The molecule has 0 spiro atoms. The minimum atomic E-state index is -0.287. The lowest BCUT2D eigenvalue weighted by molar-refractivity contribution is 0.0924. The number of nitrogens with one attached hydrogen (secondary N) is 2. The molecule has 1 aromatic rings. The highest BCUT2D eigenvalue weighted by Gasteiger charge is 2.24. The van der Waals surface area contributed by atoms with E-state index in [0.717, 1.165) is 38.3 Å². The smallest absolute Gasteiger partial charge is 0.292 e. The highest BCUT2D eigenvalue weighted by molar-refractivity contribution is 5.90. The Balaban J connectivity index is 1.34. The van der Waals surface area contributed by atoms with Crippen LogP contribution >= 0.6 is 0 Å². The van der Waals surface area contributed by atoms with Crippen molar-refractivity contribution in [2.75, 3.05) is 26.3 Å². The first-order valence-electron chi connectivity index (χ1n) is 7.76. The van der Waals surface area contributed by atoms with Gasteiger partial charge in [-0.2, -0.15) is 4.98 Å². The van der Waals surface area contributed by atoms with E-state index in [0.29, 0.717) is 19.0 Å². The second-order valence-electron chi connectivity index (χ2n) is 5.73. The van der Waals surface area contributed by atoms with Gasteiger partial charge < -0.3 is 19.9 Å². The zero-order chi connectivity index (χ0) is 14.5. The van der Waals surface area contributed by atoms with Crippen molar-refractivity contribution >= 4 is 5.91 Å². The number of nitrogens with zero attached hydrogens (tertiary/aromatic N) is 2. The van der Waals surface area contributed by atoms with Gasteiger partial charge in [-0.25, -0.2) is 0 Å². The number of aromatic nitrogens is 2. The summed E-state index contributed by atoms with van der Waals surface area (Å²) >= 11 is 0. The summed E-state index contributed by atoms with van der Waals surface area (Å²) in [5.74, 6) is 1.11. The van der Waals surface area contributed by atoms with Crippen LogP contribution in [0.25, 0.3) is 0 Å². The van der Waals surface area contributed by atoms with Gasteiger partial charge in [0.1, 0.15) is 0 Å². The summed E-state index contributed by atoms with van der Waals surface area (Å²) in [6.07, 6.45) is 5.46. The SMILES string of the molecule is O=C(NCCCOCC1CC1)c1noc(C2CCCN2)n1. The van der Waals surface area contributed by atoms with Crippen LogP contribution in [0.2, 0.25) is 0 Å². The van der Waals surface area contributed by atoms with Crippen LogP contribution in [0.4, 0.5) is 0 Å². The lowest BCUT2D eigenvalue weighted by atomic mass is 10.2. The van der Waals surface area contributed by atoms with E-state index in [4.69, 9.17) is 9.26 Å². The maximum Gasteiger partial charge on any atom is 0.292 e. The molecule has 1 amide bonds. The number of hydrogen-bond acceptors (Lipinski definition) is 6. The first-order valence-corrected chi connectivity index (χ1v) is 7.76. The van der Waals surface area contributed by atoms with Gasteiger partial charge in [0.05, 0.1) is 6.04 Å². The van der Waals surface area contributed by atoms with Crippen molar-refractivity contribution in [1.82, 2.24) is 20.8 Å². The van der Waals surface area contributed by atoms with Gasteiger partial charge in [0.15, 0.2) is 0 Å². The summed E-state index contributed by atoms with van der Waals surface area (Å²) in [7, 11) is 0. The molecule has 1 aliphatic heterocycles. The third kappa shape index (κ3) is 4.25. The molecule has 0 aromatic carbocycles. The Kier molecular flexibility index (Phi) is 4.82. The van der Waals surface area contributed by atoms with Crippen LogP contribution in [-0.2, 0) is 4.74 Å².